The highest BCUT2D eigenvalue weighted by Gasteiger charge is 2.15. The van der Waals surface area contributed by atoms with E-state index in [0.29, 0.717) is 0 Å². The monoisotopic (exact) mass is 403 g/mol. The lowest BCUT2D eigenvalue weighted by molar-refractivity contribution is 0.129. The lowest BCUT2D eigenvalue weighted by Crippen LogP contribution is -2.40. The molecule has 1 aliphatic heterocycles. The van der Waals surface area contributed by atoms with Crippen molar-refractivity contribution >= 4 is 29.9 Å². The Morgan fingerprint density at radius 1 is 1.33 bits per heavy atom. The third-order valence-electron chi connectivity index (χ3n) is 2.98. The summed E-state index contributed by atoms with van der Waals surface area (Å²) in [6.07, 6.45) is 1.11. The quantitative estimate of drug-likeness (QED) is 0.762. The van der Waals surface area contributed by atoms with Gasteiger partial charge in [-0.2, -0.15) is 0 Å². The Hall–Kier alpha value is -0.980. The van der Waals surface area contributed by atoms with Crippen LogP contribution in [0.1, 0.15) is 38.3 Å². The van der Waals surface area contributed by atoms with Crippen LogP contribution < -0.4 is 15.4 Å². The normalized spacial score (nSPS) is 14.6. The van der Waals surface area contributed by atoms with Gasteiger partial charge in [0.25, 0.3) is 0 Å². The van der Waals surface area contributed by atoms with Crippen LogP contribution in [0.4, 0.5) is 0 Å². The molecule has 0 atom stereocenters. The lowest BCUT2D eigenvalue weighted by atomic mass is 10.1. The number of aliphatic imine (C=N–C) groups is 1. The zero-order valence-electron chi connectivity index (χ0n) is 13.3. The lowest BCUT2D eigenvalue weighted by Gasteiger charge is -2.24. The van der Waals surface area contributed by atoms with Crippen LogP contribution in [-0.2, 0) is 6.54 Å². The molecule has 2 N–H and O–H groups in total. The van der Waals surface area contributed by atoms with Gasteiger partial charge in [0.2, 0.25) is 0 Å². The first-order valence-electron chi connectivity index (χ1n) is 7.25. The van der Waals surface area contributed by atoms with Crippen LogP contribution in [0.25, 0.3) is 0 Å². The van der Waals surface area contributed by atoms with Gasteiger partial charge in [0.05, 0.1) is 0 Å². The first-order chi connectivity index (χ1) is 9.44. The van der Waals surface area contributed by atoms with Crippen LogP contribution in [0.2, 0.25) is 0 Å². The molecule has 0 unspecified atom stereocenters. The molecule has 5 heteroatoms. The van der Waals surface area contributed by atoms with Crippen molar-refractivity contribution in [2.75, 3.05) is 13.1 Å². The molecule has 118 valence electrons. The fourth-order valence-corrected chi connectivity index (χ4v) is 2.06. The van der Waals surface area contributed by atoms with Crippen LogP contribution in [0, 0.1) is 6.92 Å². The van der Waals surface area contributed by atoms with Gasteiger partial charge in [0, 0.05) is 25.2 Å². The molecule has 0 radical (unpaired) electrons. The Bertz CT molecular complexity index is 495. The maximum absolute atomic E-state index is 6.05. The highest BCUT2D eigenvalue weighted by Crippen LogP contribution is 2.24. The van der Waals surface area contributed by atoms with Crippen molar-refractivity contribution in [3.8, 4) is 5.75 Å². The van der Waals surface area contributed by atoms with E-state index < -0.39 is 0 Å². The second-order valence-electron chi connectivity index (χ2n) is 6.19. The number of rotatable bonds is 3. The fourth-order valence-electron chi connectivity index (χ4n) is 2.06. The predicted molar refractivity (Wildman–Crippen MR) is 98.7 cm³/mol. The smallest absolute Gasteiger partial charge is 0.191 e. The van der Waals surface area contributed by atoms with Gasteiger partial charge >= 0.3 is 0 Å². The van der Waals surface area contributed by atoms with Crippen LogP contribution in [0.5, 0.6) is 5.75 Å². The minimum Gasteiger partial charge on any atom is -0.488 e. The fraction of sp³-hybridized carbons (Fsp3) is 0.562. The zero-order valence-corrected chi connectivity index (χ0v) is 15.7. The van der Waals surface area contributed by atoms with E-state index in [4.69, 9.17) is 4.74 Å². The van der Waals surface area contributed by atoms with Gasteiger partial charge < -0.3 is 15.4 Å². The molecule has 1 aromatic carbocycles. The molecule has 0 fully saturated rings. The number of benzene rings is 1. The first-order valence-corrected chi connectivity index (χ1v) is 7.25. The summed E-state index contributed by atoms with van der Waals surface area (Å²) in [5.41, 5.74) is 2.17. The van der Waals surface area contributed by atoms with Crippen molar-refractivity contribution in [1.29, 1.82) is 0 Å². The number of guanidine groups is 1. The van der Waals surface area contributed by atoms with E-state index in [0.717, 1.165) is 43.3 Å². The van der Waals surface area contributed by atoms with Gasteiger partial charge in [-0.1, -0.05) is 12.1 Å². The molecule has 0 saturated heterocycles. The minimum absolute atomic E-state index is 0. The summed E-state index contributed by atoms with van der Waals surface area (Å²) in [7, 11) is 0. The third kappa shape index (κ3) is 6.11. The van der Waals surface area contributed by atoms with Crippen molar-refractivity contribution in [2.45, 2.75) is 46.3 Å². The topological polar surface area (TPSA) is 45.7 Å². The molecule has 0 saturated carbocycles. The second kappa shape index (κ2) is 7.87. The van der Waals surface area contributed by atoms with Gasteiger partial charge in [0.15, 0.2) is 5.96 Å². The summed E-state index contributed by atoms with van der Waals surface area (Å²) >= 11 is 0. The van der Waals surface area contributed by atoms with E-state index in [2.05, 4.69) is 61.5 Å². The average molecular weight is 403 g/mol. The molecule has 0 aromatic heterocycles. The van der Waals surface area contributed by atoms with E-state index in [1.807, 2.05) is 0 Å². The maximum atomic E-state index is 6.05. The van der Waals surface area contributed by atoms with Crippen LogP contribution >= 0.6 is 24.0 Å². The summed E-state index contributed by atoms with van der Waals surface area (Å²) in [6, 6.07) is 6.33. The summed E-state index contributed by atoms with van der Waals surface area (Å²) in [4.78, 5) is 4.42. The molecule has 1 heterocycles. The van der Waals surface area contributed by atoms with Crippen molar-refractivity contribution in [3.05, 3.63) is 29.3 Å². The number of ether oxygens (including phenoxy) is 1. The van der Waals surface area contributed by atoms with Crippen LogP contribution in [0.3, 0.4) is 0 Å². The van der Waals surface area contributed by atoms with Crippen molar-refractivity contribution in [3.63, 3.8) is 0 Å². The molecule has 1 aliphatic rings. The number of hydrogen-bond donors (Lipinski definition) is 2. The van der Waals surface area contributed by atoms with E-state index >= 15 is 0 Å². The minimum atomic E-state index is -0.191. The van der Waals surface area contributed by atoms with E-state index in [1.54, 1.807) is 0 Å². The Morgan fingerprint density at radius 3 is 2.71 bits per heavy atom. The number of halogens is 1. The van der Waals surface area contributed by atoms with Crippen molar-refractivity contribution in [1.82, 2.24) is 10.6 Å². The maximum Gasteiger partial charge on any atom is 0.191 e. The van der Waals surface area contributed by atoms with Gasteiger partial charge in [-0.25, -0.2) is 0 Å². The molecule has 0 spiro atoms. The Morgan fingerprint density at radius 2 is 2.10 bits per heavy atom. The molecular weight excluding hydrogens is 377 g/mol. The van der Waals surface area contributed by atoms with Crippen molar-refractivity contribution in [2.24, 2.45) is 4.99 Å². The molecule has 1 aromatic rings. The number of aryl methyl sites for hydroxylation is 1. The Balaban J connectivity index is 0.00000220. The van der Waals surface area contributed by atoms with E-state index in [1.165, 1.54) is 5.56 Å². The number of hydrogen-bond acceptors (Lipinski definition) is 4. The summed E-state index contributed by atoms with van der Waals surface area (Å²) in [5, 5.41) is 6.61. The number of nitrogens with zero attached hydrogens (tertiary/aromatic N) is 1. The largest absolute Gasteiger partial charge is 0.488 e. The van der Waals surface area contributed by atoms with E-state index in [9.17, 15) is 0 Å². The highest BCUT2D eigenvalue weighted by atomic mass is 127. The standard InChI is InChI=1S/C16H25N3O.HI/c1-12-6-7-13(14(10-12)20-16(2,3)4)11-19-15-17-8-5-9-18-15;/h6-7,10H,5,8-9,11H2,1-4H3,(H2,17,18,19);1H. The zero-order chi connectivity index (χ0) is 14.6. The van der Waals surface area contributed by atoms with Crippen LogP contribution in [-0.4, -0.2) is 24.7 Å². The first kappa shape index (κ1) is 18.1. The molecule has 0 bridgehead atoms. The molecule has 0 aliphatic carbocycles. The average Bonchev–Trinajstić information content (AvgIpc) is 2.37. The molecule has 21 heavy (non-hydrogen) atoms. The summed E-state index contributed by atoms with van der Waals surface area (Å²) < 4.78 is 6.05. The molecular formula is C16H26IN3O. The van der Waals surface area contributed by atoms with Gasteiger partial charge in [0.1, 0.15) is 11.4 Å². The summed E-state index contributed by atoms with van der Waals surface area (Å²) in [5.74, 6) is 1.83. The molecule has 2 rings (SSSR count). The van der Waals surface area contributed by atoms with Gasteiger partial charge in [-0.15, -0.1) is 24.0 Å². The van der Waals surface area contributed by atoms with E-state index in [-0.39, 0.29) is 29.6 Å². The molecule has 0 amide bonds. The summed E-state index contributed by atoms with van der Waals surface area (Å²) in [6.45, 7) is 10.9. The Kier molecular flexibility index (Phi) is 6.77. The van der Waals surface area contributed by atoms with Gasteiger partial charge in [-0.3, -0.25) is 4.99 Å². The van der Waals surface area contributed by atoms with Gasteiger partial charge in [-0.05, 0) is 45.7 Å². The third-order valence-corrected chi connectivity index (χ3v) is 2.98. The SMILES string of the molecule is Cc1ccc(CNC2=NCCCN2)c(OC(C)(C)C)c1.I. The van der Waals surface area contributed by atoms with Crippen molar-refractivity contribution < 1.29 is 4.74 Å². The second-order valence-corrected chi connectivity index (χ2v) is 6.19. The molecule has 4 nitrogen and oxygen atoms in total. The van der Waals surface area contributed by atoms with Crippen LogP contribution in [0.15, 0.2) is 23.2 Å². The highest BCUT2D eigenvalue weighted by molar-refractivity contribution is 14.0. The number of nitrogens with one attached hydrogen (secondary N) is 2. The predicted octanol–water partition coefficient (Wildman–Crippen LogP) is 3.23. The Labute approximate surface area is 144 Å².